The Hall–Kier alpha value is -1.96. The van der Waals surface area contributed by atoms with Gasteiger partial charge in [0, 0.05) is 0 Å². The molecule has 0 heterocycles. The summed E-state index contributed by atoms with van der Waals surface area (Å²) in [7, 11) is 0. The fraction of sp³-hybridized carbons (Fsp3) is 0.368. The molecule has 112 valence electrons. The molecule has 0 N–H and O–H groups in total. The third-order valence-electron chi connectivity index (χ3n) is 3.50. The molecule has 0 saturated heterocycles. The van der Waals surface area contributed by atoms with Gasteiger partial charge in [-0.25, -0.2) is 0 Å². The Labute approximate surface area is 127 Å². The fourth-order valence-corrected chi connectivity index (χ4v) is 2.09. The largest absolute Gasteiger partial charge is 0.457 e. The molecule has 0 aliphatic heterocycles. The second kappa shape index (κ2) is 7.16. The van der Waals surface area contributed by atoms with Gasteiger partial charge < -0.3 is 9.47 Å². The predicted octanol–water partition coefficient (Wildman–Crippen LogP) is 5.35. The molecule has 0 saturated carbocycles. The highest BCUT2D eigenvalue weighted by atomic mass is 16.7. The van der Waals surface area contributed by atoms with E-state index in [0.29, 0.717) is 11.8 Å². The van der Waals surface area contributed by atoms with Crippen LogP contribution in [-0.4, -0.2) is 6.79 Å². The minimum Gasteiger partial charge on any atom is -0.457 e. The lowest BCUT2D eigenvalue weighted by molar-refractivity contribution is 0.119. The zero-order valence-electron chi connectivity index (χ0n) is 13.3. The number of hydrogen-bond donors (Lipinski definition) is 0. The van der Waals surface area contributed by atoms with Crippen molar-refractivity contribution in [1.82, 2.24) is 0 Å². The van der Waals surface area contributed by atoms with Crippen LogP contribution in [0.3, 0.4) is 0 Å². The van der Waals surface area contributed by atoms with Gasteiger partial charge in [-0.2, -0.15) is 0 Å². The Balaban J connectivity index is 1.92. The maximum Gasteiger partial charge on any atom is 0.230 e. The van der Waals surface area contributed by atoms with Crippen molar-refractivity contribution in [2.75, 3.05) is 6.79 Å². The molecule has 2 nitrogen and oxygen atoms in total. The molecule has 0 bridgehead atoms. The van der Waals surface area contributed by atoms with Crippen molar-refractivity contribution in [3.63, 3.8) is 0 Å². The molecule has 2 aromatic rings. The maximum atomic E-state index is 5.68. The molecular weight excluding hydrogens is 260 g/mol. The molecule has 0 aliphatic rings. The van der Waals surface area contributed by atoms with Gasteiger partial charge in [-0.05, 0) is 47.2 Å². The van der Waals surface area contributed by atoms with Crippen molar-refractivity contribution in [3.05, 3.63) is 59.7 Å². The number of ether oxygens (including phenoxy) is 2. The fourth-order valence-electron chi connectivity index (χ4n) is 2.09. The smallest absolute Gasteiger partial charge is 0.230 e. The van der Waals surface area contributed by atoms with Crippen LogP contribution in [-0.2, 0) is 0 Å². The van der Waals surface area contributed by atoms with Gasteiger partial charge in [-0.15, -0.1) is 0 Å². The van der Waals surface area contributed by atoms with Gasteiger partial charge in [0.15, 0.2) is 0 Å². The van der Waals surface area contributed by atoms with Crippen LogP contribution >= 0.6 is 0 Å². The Morgan fingerprint density at radius 2 is 1.14 bits per heavy atom. The lowest BCUT2D eigenvalue weighted by atomic mass is 10.0. The summed E-state index contributed by atoms with van der Waals surface area (Å²) < 4.78 is 11.4. The molecule has 21 heavy (non-hydrogen) atoms. The van der Waals surface area contributed by atoms with E-state index in [0.717, 1.165) is 11.5 Å². The van der Waals surface area contributed by atoms with Gasteiger partial charge in [0.05, 0.1) is 0 Å². The van der Waals surface area contributed by atoms with Crippen LogP contribution in [0.1, 0.15) is 50.7 Å². The molecule has 0 unspecified atom stereocenters. The van der Waals surface area contributed by atoms with E-state index < -0.39 is 0 Å². The molecule has 0 amide bonds. The lowest BCUT2D eigenvalue weighted by Gasteiger charge is -2.12. The van der Waals surface area contributed by atoms with Crippen molar-refractivity contribution in [2.45, 2.75) is 39.5 Å². The highest BCUT2D eigenvalue weighted by Gasteiger charge is 2.03. The van der Waals surface area contributed by atoms with E-state index in [9.17, 15) is 0 Å². The van der Waals surface area contributed by atoms with E-state index in [1.165, 1.54) is 11.1 Å². The summed E-state index contributed by atoms with van der Waals surface area (Å²) >= 11 is 0. The lowest BCUT2D eigenvalue weighted by Crippen LogP contribution is -2.06. The van der Waals surface area contributed by atoms with Gasteiger partial charge in [-0.3, -0.25) is 0 Å². The van der Waals surface area contributed by atoms with Crippen LogP contribution in [0.4, 0.5) is 0 Å². The first kappa shape index (κ1) is 15.4. The summed E-state index contributed by atoms with van der Waals surface area (Å²) in [6, 6.07) is 16.3. The molecular formula is C19H24O2. The summed E-state index contributed by atoms with van der Waals surface area (Å²) in [6.45, 7) is 8.92. The monoisotopic (exact) mass is 284 g/mol. The second-order valence-corrected chi connectivity index (χ2v) is 5.86. The van der Waals surface area contributed by atoms with E-state index in [2.05, 4.69) is 52.0 Å². The first-order chi connectivity index (χ1) is 10.1. The summed E-state index contributed by atoms with van der Waals surface area (Å²) in [5, 5.41) is 0. The van der Waals surface area contributed by atoms with E-state index >= 15 is 0 Å². The van der Waals surface area contributed by atoms with Gasteiger partial charge in [0.1, 0.15) is 11.5 Å². The molecule has 2 aromatic carbocycles. The molecule has 0 radical (unpaired) electrons. The van der Waals surface area contributed by atoms with E-state index in [4.69, 9.17) is 9.47 Å². The average Bonchev–Trinajstić information content (AvgIpc) is 2.48. The standard InChI is InChI=1S/C19H24O2/c1-14(2)16-7-5-9-18(11-16)20-13-21-19-10-6-8-17(12-19)15(3)4/h5-12,14-15H,13H2,1-4H3. The van der Waals surface area contributed by atoms with Crippen molar-refractivity contribution in [1.29, 1.82) is 0 Å². The third kappa shape index (κ3) is 4.52. The van der Waals surface area contributed by atoms with Gasteiger partial charge >= 0.3 is 0 Å². The first-order valence-electron chi connectivity index (χ1n) is 7.52. The highest BCUT2D eigenvalue weighted by Crippen LogP contribution is 2.22. The molecule has 0 spiro atoms. The quantitative estimate of drug-likeness (QED) is 0.666. The van der Waals surface area contributed by atoms with E-state index in [-0.39, 0.29) is 6.79 Å². The minimum atomic E-state index is 0.225. The Morgan fingerprint density at radius 1 is 0.714 bits per heavy atom. The summed E-state index contributed by atoms with van der Waals surface area (Å²) in [5.74, 6) is 2.69. The molecule has 0 fully saturated rings. The van der Waals surface area contributed by atoms with Crippen molar-refractivity contribution in [3.8, 4) is 11.5 Å². The Morgan fingerprint density at radius 3 is 1.52 bits per heavy atom. The molecule has 2 heteroatoms. The average molecular weight is 284 g/mol. The third-order valence-corrected chi connectivity index (χ3v) is 3.50. The maximum absolute atomic E-state index is 5.68. The van der Waals surface area contributed by atoms with Crippen LogP contribution < -0.4 is 9.47 Å². The van der Waals surface area contributed by atoms with Crippen molar-refractivity contribution < 1.29 is 9.47 Å². The summed E-state index contributed by atoms with van der Waals surface area (Å²) in [4.78, 5) is 0. The van der Waals surface area contributed by atoms with Gasteiger partial charge in [-0.1, -0.05) is 52.0 Å². The van der Waals surface area contributed by atoms with Crippen LogP contribution in [0, 0.1) is 0 Å². The predicted molar refractivity (Wildman–Crippen MR) is 87.2 cm³/mol. The number of benzene rings is 2. The summed E-state index contributed by atoms with van der Waals surface area (Å²) in [5.41, 5.74) is 2.55. The van der Waals surface area contributed by atoms with Crippen LogP contribution in [0.5, 0.6) is 11.5 Å². The van der Waals surface area contributed by atoms with E-state index in [1.54, 1.807) is 0 Å². The molecule has 0 aliphatic carbocycles. The van der Waals surface area contributed by atoms with Crippen molar-refractivity contribution >= 4 is 0 Å². The Bertz CT molecular complexity index is 522. The van der Waals surface area contributed by atoms with Crippen LogP contribution in [0.25, 0.3) is 0 Å². The number of hydrogen-bond acceptors (Lipinski definition) is 2. The molecule has 2 rings (SSSR count). The van der Waals surface area contributed by atoms with Crippen LogP contribution in [0.15, 0.2) is 48.5 Å². The summed E-state index contributed by atoms with van der Waals surface area (Å²) in [6.07, 6.45) is 0. The van der Waals surface area contributed by atoms with Crippen LogP contribution in [0.2, 0.25) is 0 Å². The zero-order valence-corrected chi connectivity index (χ0v) is 13.3. The second-order valence-electron chi connectivity index (χ2n) is 5.86. The molecule has 0 atom stereocenters. The molecule has 0 aromatic heterocycles. The van der Waals surface area contributed by atoms with Gasteiger partial charge in [0.2, 0.25) is 6.79 Å². The topological polar surface area (TPSA) is 18.5 Å². The highest BCUT2D eigenvalue weighted by molar-refractivity contribution is 5.31. The zero-order chi connectivity index (χ0) is 15.2. The van der Waals surface area contributed by atoms with E-state index in [1.807, 2.05) is 24.3 Å². The van der Waals surface area contributed by atoms with Crippen molar-refractivity contribution in [2.24, 2.45) is 0 Å². The minimum absolute atomic E-state index is 0.225. The van der Waals surface area contributed by atoms with Gasteiger partial charge in [0.25, 0.3) is 0 Å². The first-order valence-corrected chi connectivity index (χ1v) is 7.52. The normalized spacial score (nSPS) is 11.0. The SMILES string of the molecule is CC(C)c1cccc(OCOc2cccc(C(C)C)c2)c1. The Kier molecular flexibility index (Phi) is 5.26. The number of rotatable bonds is 6.